The molecule has 1 aliphatic rings. The number of amides is 2. The first-order chi connectivity index (χ1) is 14.6. The van der Waals surface area contributed by atoms with Crippen LogP contribution in [0.3, 0.4) is 0 Å². The zero-order valence-corrected chi connectivity index (χ0v) is 18.6. The first-order valence-electron chi connectivity index (χ1n) is 10.8. The van der Waals surface area contributed by atoms with Crippen LogP contribution in [0, 0.1) is 0 Å². The van der Waals surface area contributed by atoms with Crippen molar-refractivity contribution in [3.8, 4) is 0 Å². The molecule has 1 aromatic heterocycles. The van der Waals surface area contributed by atoms with E-state index in [-0.39, 0.29) is 11.8 Å². The van der Waals surface area contributed by atoms with E-state index in [4.69, 9.17) is 0 Å². The third-order valence-corrected chi connectivity index (χ3v) is 6.34. The summed E-state index contributed by atoms with van der Waals surface area (Å²) in [4.78, 5) is 27.4. The minimum atomic E-state index is -0.303. The van der Waals surface area contributed by atoms with Gasteiger partial charge in [0.25, 0.3) is 11.8 Å². The van der Waals surface area contributed by atoms with Gasteiger partial charge in [-0.1, -0.05) is 30.7 Å². The van der Waals surface area contributed by atoms with Gasteiger partial charge >= 0.3 is 0 Å². The fraction of sp³-hybridized carbons (Fsp3) is 0.545. The molecule has 2 aromatic rings. The number of benzene rings is 1. The summed E-state index contributed by atoms with van der Waals surface area (Å²) in [6.07, 6.45) is 6.57. The van der Waals surface area contributed by atoms with Gasteiger partial charge in [-0.3, -0.25) is 9.59 Å². The maximum Gasteiger partial charge on any atom is 0.286 e. The summed E-state index contributed by atoms with van der Waals surface area (Å²) in [7, 11) is 0. The molecular weight excluding hydrogens is 398 g/mol. The third-order valence-electron chi connectivity index (χ3n) is 5.36. The largest absolute Gasteiger partial charge is 0.352 e. The summed E-state index contributed by atoms with van der Waals surface area (Å²) in [6, 6.07) is 7.61. The molecule has 8 heteroatoms. The third kappa shape index (κ3) is 6.34. The Kier molecular flexibility index (Phi) is 8.33. The minimum Gasteiger partial charge on any atom is -0.352 e. The van der Waals surface area contributed by atoms with Gasteiger partial charge in [0.2, 0.25) is 5.01 Å². The van der Waals surface area contributed by atoms with Gasteiger partial charge in [0, 0.05) is 36.8 Å². The lowest BCUT2D eigenvalue weighted by Gasteiger charge is -2.33. The molecule has 2 amide bonds. The number of piperidine rings is 1. The lowest BCUT2D eigenvalue weighted by atomic mass is 10.0. The molecule has 1 atom stereocenters. The minimum absolute atomic E-state index is 0.126. The molecule has 0 saturated carbocycles. The molecule has 7 nitrogen and oxygen atoms in total. The fourth-order valence-corrected chi connectivity index (χ4v) is 4.50. The van der Waals surface area contributed by atoms with Crippen LogP contribution >= 0.6 is 11.3 Å². The summed E-state index contributed by atoms with van der Waals surface area (Å²) in [6.45, 7) is 7.16. The highest BCUT2D eigenvalue weighted by molar-refractivity contribution is 7.13. The van der Waals surface area contributed by atoms with Gasteiger partial charge in [0.05, 0.1) is 0 Å². The molecule has 30 heavy (non-hydrogen) atoms. The molecule has 0 bridgehead atoms. The zero-order valence-electron chi connectivity index (χ0n) is 17.8. The first kappa shape index (κ1) is 22.4. The van der Waals surface area contributed by atoms with Crippen LogP contribution in [-0.4, -0.2) is 52.6 Å². The van der Waals surface area contributed by atoms with E-state index in [1.807, 2.05) is 0 Å². The molecule has 1 fully saturated rings. The van der Waals surface area contributed by atoms with Gasteiger partial charge < -0.3 is 15.5 Å². The van der Waals surface area contributed by atoms with Crippen LogP contribution in [0.25, 0.3) is 0 Å². The van der Waals surface area contributed by atoms with E-state index in [0.717, 1.165) is 37.4 Å². The normalized spacial score (nSPS) is 16.9. The van der Waals surface area contributed by atoms with Crippen molar-refractivity contribution in [3.63, 3.8) is 0 Å². The maximum atomic E-state index is 12.5. The molecule has 162 valence electrons. The molecule has 1 unspecified atom stereocenters. The molecule has 1 saturated heterocycles. The molecule has 2 N–H and O–H groups in total. The van der Waals surface area contributed by atoms with Crippen molar-refractivity contribution in [2.24, 2.45) is 0 Å². The fourth-order valence-electron chi connectivity index (χ4n) is 3.66. The van der Waals surface area contributed by atoms with Crippen LogP contribution in [0.2, 0.25) is 0 Å². The predicted octanol–water partition coefficient (Wildman–Crippen LogP) is 3.74. The summed E-state index contributed by atoms with van der Waals surface area (Å²) < 4.78 is 0. The second-order valence-electron chi connectivity index (χ2n) is 7.78. The van der Waals surface area contributed by atoms with E-state index in [1.54, 1.807) is 24.3 Å². The molecule has 2 heterocycles. The number of aryl methyl sites for hydroxylation is 1. The SMILES string of the molecule is CCCc1nnc(C(=O)Nc2cccc(C(=O)NCCCN3CCCCC3C)c2)s1. The average molecular weight is 430 g/mol. The Hall–Kier alpha value is -2.32. The lowest BCUT2D eigenvalue weighted by molar-refractivity contribution is 0.0947. The van der Waals surface area contributed by atoms with Crippen LogP contribution in [0.4, 0.5) is 5.69 Å². The second-order valence-corrected chi connectivity index (χ2v) is 8.84. The topological polar surface area (TPSA) is 87.2 Å². The Morgan fingerprint density at radius 1 is 1.23 bits per heavy atom. The maximum absolute atomic E-state index is 12.5. The van der Waals surface area contributed by atoms with Crippen LogP contribution in [0.5, 0.6) is 0 Å². The molecule has 1 aliphatic heterocycles. The van der Waals surface area contributed by atoms with Crippen LogP contribution in [-0.2, 0) is 6.42 Å². The monoisotopic (exact) mass is 429 g/mol. The van der Waals surface area contributed by atoms with Gasteiger partial charge in [0.15, 0.2) is 0 Å². The quantitative estimate of drug-likeness (QED) is 0.593. The number of nitrogens with one attached hydrogen (secondary N) is 2. The van der Waals surface area contributed by atoms with E-state index in [9.17, 15) is 9.59 Å². The van der Waals surface area contributed by atoms with Crippen LogP contribution in [0.1, 0.15) is 71.1 Å². The Morgan fingerprint density at radius 3 is 2.90 bits per heavy atom. The predicted molar refractivity (Wildman–Crippen MR) is 120 cm³/mol. The molecule has 0 aliphatic carbocycles. The van der Waals surface area contributed by atoms with Crippen LogP contribution < -0.4 is 10.6 Å². The zero-order chi connectivity index (χ0) is 21.3. The van der Waals surface area contributed by atoms with Crippen molar-refractivity contribution < 1.29 is 9.59 Å². The number of anilines is 1. The van der Waals surface area contributed by atoms with Crippen molar-refractivity contribution in [2.75, 3.05) is 25.0 Å². The Morgan fingerprint density at radius 2 is 2.10 bits per heavy atom. The van der Waals surface area contributed by atoms with Crippen LogP contribution in [0.15, 0.2) is 24.3 Å². The average Bonchev–Trinajstić information content (AvgIpc) is 3.21. The van der Waals surface area contributed by atoms with Gasteiger partial charge in [-0.25, -0.2) is 0 Å². The number of rotatable bonds is 9. The summed E-state index contributed by atoms with van der Waals surface area (Å²) in [5, 5.41) is 15.0. The van der Waals surface area contributed by atoms with Crippen molar-refractivity contribution in [1.82, 2.24) is 20.4 Å². The summed E-state index contributed by atoms with van der Waals surface area (Å²) >= 11 is 1.30. The van der Waals surface area contributed by atoms with E-state index >= 15 is 0 Å². The Labute approximate surface area is 182 Å². The Bertz CT molecular complexity index is 854. The molecule has 0 spiro atoms. The van der Waals surface area contributed by atoms with Gasteiger partial charge in [-0.2, -0.15) is 0 Å². The van der Waals surface area contributed by atoms with Crippen molar-refractivity contribution >= 4 is 28.8 Å². The second kappa shape index (κ2) is 11.2. The number of hydrogen-bond donors (Lipinski definition) is 2. The number of likely N-dealkylation sites (tertiary alicyclic amines) is 1. The number of carbonyl (C=O) groups is 2. The van der Waals surface area contributed by atoms with E-state index in [1.165, 1.54) is 30.6 Å². The van der Waals surface area contributed by atoms with Crippen molar-refractivity contribution in [2.45, 2.75) is 58.4 Å². The van der Waals surface area contributed by atoms with Crippen molar-refractivity contribution in [1.29, 1.82) is 0 Å². The van der Waals surface area contributed by atoms with Gasteiger partial charge in [-0.05, 0) is 57.4 Å². The number of hydrogen-bond acceptors (Lipinski definition) is 6. The first-order valence-corrected chi connectivity index (χ1v) is 11.6. The lowest BCUT2D eigenvalue weighted by Crippen LogP contribution is -2.39. The molecule has 0 radical (unpaired) electrons. The highest BCUT2D eigenvalue weighted by atomic mass is 32.1. The summed E-state index contributed by atoms with van der Waals surface area (Å²) in [5.74, 6) is -0.429. The van der Waals surface area contributed by atoms with Crippen molar-refractivity contribution in [3.05, 3.63) is 39.8 Å². The number of carbonyl (C=O) groups excluding carboxylic acids is 2. The summed E-state index contributed by atoms with van der Waals surface area (Å²) in [5.41, 5.74) is 1.10. The van der Waals surface area contributed by atoms with E-state index in [2.05, 4.69) is 39.6 Å². The van der Waals surface area contributed by atoms with E-state index < -0.39 is 0 Å². The van der Waals surface area contributed by atoms with E-state index in [0.29, 0.717) is 28.8 Å². The van der Waals surface area contributed by atoms with Gasteiger partial charge in [-0.15, -0.1) is 10.2 Å². The highest BCUT2D eigenvalue weighted by Gasteiger charge is 2.17. The number of nitrogens with zero attached hydrogens (tertiary/aromatic N) is 3. The standard InChI is InChI=1S/C22H31N5O2S/c1-3-8-19-25-26-22(30-19)21(29)24-18-11-6-10-17(15-18)20(28)23-12-7-14-27-13-5-4-9-16(27)2/h6,10-11,15-16H,3-5,7-9,12-14H2,1-2H3,(H,23,28)(H,24,29). The molecular formula is C22H31N5O2S. The molecule has 1 aromatic carbocycles. The number of aromatic nitrogens is 2. The highest BCUT2D eigenvalue weighted by Crippen LogP contribution is 2.17. The molecule has 3 rings (SSSR count). The van der Waals surface area contributed by atoms with Gasteiger partial charge in [0.1, 0.15) is 5.01 Å². The Balaban J connectivity index is 1.47. The smallest absolute Gasteiger partial charge is 0.286 e.